The second kappa shape index (κ2) is 7.60. The van der Waals surface area contributed by atoms with Crippen molar-refractivity contribution in [2.24, 2.45) is 0 Å². The Hall–Kier alpha value is -1.87. The Kier molecular flexibility index (Phi) is 5.29. The molecule has 0 aromatic heterocycles. The van der Waals surface area contributed by atoms with Gasteiger partial charge in [-0.3, -0.25) is 4.79 Å². The summed E-state index contributed by atoms with van der Waals surface area (Å²) in [5.74, 6) is -0.314. The minimum absolute atomic E-state index is 0.0985. The van der Waals surface area contributed by atoms with E-state index in [-0.39, 0.29) is 18.5 Å². The van der Waals surface area contributed by atoms with Crippen molar-refractivity contribution in [3.8, 4) is 0 Å². The third-order valence-corrected chi connectivity index (χ3v) is 4.53. The summed E-state index contributed by atoms with van der Waals surface area (Å²) >= 11 is 0. The number of carbonyl (C=O) groups is 1. The first-order chi connectivity index (χ1) is 11.2. The molecular weight excluding hydrogens is 288 g/mol. The number of aliphatic hydroxyl groups excluding tert-OH is 1. The number of aliphatic hydroxyl groups is 1. The molecular formula is C20H24O3. The highest BCUT2D eigenvalue weighted by Gasteiger charge is 2.30. The number of rotatable bonds is 3. The highest BCUT2D eigenvalue weighted by atomic mass is 16.5. The maximum atomic E-state index is 11.7. The quantitative estimate of drug-likeness (QED) is 0.857. The molecule has 3 heteroatoms. The first-order valence-corrected chi connectivity index (χ1v) is 8.56. The van der Waals surface area contributed by atoms with Crippen LogP contribution in [0.15, 0.2) is 48.1 Å². The van der Waals surface area contributed by atoms with Gasteiger partial charge in [0, 0.05) is 12.0 Å². The Bertz CT molecular complexity index is 601. The van der Waals surface area contributed by atoms with E-state index in [0.29, 0.717) is 6.42 Å². The van der Waals surface area contributed by atoms with Gasteiger partial charge < -0.3 is 9.84 Å². The van der Waals surface area contributed by atoms with E-state index in [9.17, 15) is 9.90 Å². The van der Waals surface area contributed by atoms with Crippen LogP contribution in [-0.2, 0) is 9.53 Å². The van der Waals surface area contributed by atoms with Crippen molar-refractivity contribution in [2.45, 2.75) is 57.2 Å². The lowest BCUT2D eigenvalue weighted by molar-refractivity contribution is -0.155. The highest BCUT2D eigenvalue weighted by Crippen LogP contribution is 2.31. The van der Waals surface area contributed by atoms with Crippen LogP contribution in [0.3, 0.4) is 0 Å². The van der Waals surface area contributed by atoms with Crippen molar-refractivity contribution in [1.29, 1.82) is 0 Å². The molecule has 1 aliphatic heterocycles. The van der Waals surface area contributed by atoms with E-state index in [1.54, 1.807) is 0 Å². The lowest BCUT2D eigenvalue weighted by atomic mass is 9.91. The second-order valence-electron chi connectivity index (χ2n) is 6.42. The largest absolute Gasteiger partial charge is 0.457 e. The summed E-state index contributed by atoms with van der Waals surface area (Å²) in [5.41, 5.74) is 3.38. The summed E-state index contributed by atoms with van der Waals surface area (Å²) in [5, 5.41) is 9.95. The van der Waals surface area contributed by atoms with Crippen molar-refractivity contribution in [3.05, 3.63) is 53.6 Å². The van der Waals surface area contributed by atoms with E-state index in [4.69, 9.17) is 4.74 Å². The van der Waals surface area contributed by atoms with Crippen LogP contribution in [0.5, 0.6) is 0 Å². The fourth-order valence-electron chi connectivity index (χ4n) is 3.33. The zero-order chi connectivity index (χ0) is 16.1. The van der Waals surface area contributed by atoms with Gasteiger partial charge in [-0.25, -0.2) is 0 Å². The summed E-state index contributed by atoms with van der Waals surface area (Å²) < 4.78 is 5.55. The molecule has 1 saturated heterocycles. The smallest absolute Gasteiger partial charge is 0.309 e. The Labute approximate surface area is 137 Å². The SMILES string of the molecule is O=C1CC(O)CC(C(=CC2=CCCCCC2)c2ccccc2)O1. The van der Waals surface area contributed by atoms with Crippen molar-refractivity contribution >= 4 is 11.5 Å². The molecule has 0 bridgehead atoms. The standard InChI is InChI=1S/C20H24O3/c21-17-13-19(23-20(22)14-17)18(16-10-6-3-7-11-16)12-15-8-4-1-2-5-9-15/h3,6-8,10-12,17,19,21H,1-2,4-5,9,13-14H2. The molecule has 0 spiro atoms. The molecule has 3 rings (SSSR count). The molecule has 3 nitrogen and oxygen atoms in total. The fourth-order valence-corrected chi connectivity index (χ4v) is 3.33. The van der Waals surface area contributed by atoms with Crippen molar-refractivity contribution in [1.82, 2.24) is 0 Å². The Morgan fingerprint density at radius 3 is 2.78 bits per heavy atom. The number of hydrogen-bond acceptors (Lipinski definition) is 3. The molecule has 0 saturated carbocycles. The van der Waals surface area contributed by atoms with E-state index < -0.39 is 6.10 Å². The van der Waals surface area contributed by atoms with Crippen molar-refractivity contribution < 1.29 is 14.6 Å². The van der Waals surface area contributed by atoms with Gasteiger partial charge in [-0.05, 0) is 31.2 Å². The molecule has 0 amide bonds. The first kappa shape index (κ1) is 16.0. The minimum atomic E-state index is -0.614. The van der Waals surface area contributed by atoms with Gasteiger partial charge in [-0.2, -0.15) is 0 Å². The molecule has 23 heavy (non-hydrogen) atoms. The molecule has 1 fully saturated rings. The number of esters is 1. The van der Waals surface area contributed by atoms with E-state index in [2.05, 4.69) is 12.2 Å². The molecule has 1 heterocycles. The van der Waals surface area contributed by atoms with Gasteiger partial charge in [0.2, 0.25) is 0 Å². The Morgan fingerprint density at radius 2 is 2.00 bits per heavy atom. The van der Waals surface area contributed by atoms with Crippen LogP contribution < -0.4 is 0 Å². The molecule has 1 N–H and O–H groups in total. The molecule has 2 unspecified atom stereocenters. The van der Waals surface area contributed by atoms with Crippen LogP contribution in [0.25, 0.3) is 5.57 Å². The van der Waals surface area contributed by atoms with Crippen LogP contribution in [0.2, 0.25) is 0 Å². The highest BCUT2D eigenvalue weighted by molar-refractivity contribution is 5.77. The first-order valence-electron chi connectivity index (χ1n) is 8.56. The molecule has 2 aliphatic rings. The number of hydrogen-bond donors (Lipinski definition) is 1. The predicted octanol–water partition coefficient (Wildman–Crippen LogP) is 4.03. The summed E-state index contributed by atoms with van der Waals surface area (Å²) in [6.45, 7) is 0. The third kappa shape index (κ3) is 4.32. The van der Waals surface area contributed by atoms with Gasteiger partial charge in [0.1, 0.15) is 6.10 Å². The average molecular weight is 312 g/mol. The topological polar surface area (TPSA) is 46.5 Å². The molecule has 0 radical (unpaired) electrons. The number of allylic oxidation sites excluding steroid dienone is 3. The maximum Gasteiger partial charge on any atom is 0.309 e. The van der Waals surface area contributed by atoms with E-state index in [1.165, 1.54) is 24.8 Å². The number of benzene rings is 1. The molecule has 122 valence electrons. The molecule has 1 aromatic rings. The summed E-state index contributed by atoms with van der Waals surface area (Å²) in [4.78, 5) is 11.7. The van der Waals surface area contributed by atoms with Crippen LogP contribution in [0.4, 0.5) is 0 Å². The summed E-state index contributed by atoms with van der Waals surface area (Å²) in [6.07, 6.45) is 9.97. The summed E-state index contributed by atoms with van der Waals surface area (Å²) in [7, 11) is 0. The zero-order valence-electron chi connectivity index (χ0n) is 13.4. The zero-order valence-corrected chi connectivity index (χ0v) is 13.4. The lowest BCUT2D eigenvalue weighted by Gasteiger charge is -2.28. The van der Waals surface area contributed by atoms with Gasteiger partial charge in [0.15, 0.2) is 0 Å². The molecule has 2 atom stereocenters. The fraction of sp³-hybridized carbons (Fsp3) is 0.450. The van der Waals surface area contributed by atoms with Crippen LogP contribution in [0, 0.1) is 0 Å². The predicted molar refractivity (Wildman–Crippen MR) is 90.7 cm³/mol. The monoisotopic (exact) mass is 312 g/mol. The van der Waals surface area contributed by atoms with Gasteiger partial charge in [0.25, 0.3) is 0 Å². The van der Waals surface area contributed by atoms with Crippen molar-refractivity contribution in [3.63, 3.8) is 0 Å². The van der Waals surface area contributed by atoms with Crippen LogP contribution >= 0.6 is 0 Å². The van der Waals surface area contributed by atoms with E-state index >= 15 is 0 Å². The van der Waals surface area contributed by atoms with Crippen LogP contribution in [-0.4, -0.2) is 23.3 Å². The Balaban J connectivity index is 1.93. The van der Waals surface area contributed by atoms with Crippen LogP contribution in [0.1, 0.15) is 50.5 Å². The molecule has 1 aromatic carbocycles. The maximum absolute atomic E-state index is 11.7. The number of ether oxygens (including phenoxy) is 1. The van der Waals surface area contributed by atoms with E-state index in [0.717, 1.165) is 24.0 Å². The van der Waals surface area contributed by atoms with Gasteiger partial charge in [0.05, 0.1) is 12.5 Å². The third-order valence-electron chi connectivity index (χ3n) is 4.53. The molecule has 1 aliphatic carbocycles. The van der Waals surface area contributed by atoms with Crippen molar-refractivity contribution in [2.75, 3.05) is 0 Å². The number of cyclic esters (lactones) is 1. The van der Waals surface area contributed by atoms with E-state index in [1.807, 2.05) is 30.3 Å². The number of carbonyl (C=O) groups excluding carboxylic acids is 1. The van der Waals surface area contributed by atoms with Gasteiger partial charge >= 0.3 is 5.97 Å². The summed E-state index contributed by atoms with van der Waals surface area (Å²) in [6, 6.07) is 10.0. The second-order valence-corrected chi connectivity index (χ2v) is 6.42. The van der Waals surface area contributed by atoms with Gasteiger partial charge in [-0.15, -0.1) is 0 Å². The Morgan fingerprint density at radius 1 is 1.17 bits per heavy atom. The average Bonchev–Trinajstić information content (AvgIpc) is 2.81. The normalized spacial score (nSPS) is 26.2. The minimum Gasteiger partial charge on any atom is -0.457 e. The lowest BCUT2D eigenvalue weighted by Crippen LogP contribution is -2.33. The van der Waals surface area contributed by atoms with Gasteiger partial charge in [-0.1, -0.05) is 54.5 Å².